The second-order valence-corrected chi connectivity index (χ2v) is 4.59. The maximum Gasteiger partial charge on any atom is 0.150 e. The smallest absolute Gasteiger partial charge is 0.150 e. The van der Waals surface area contributed by atoms with E-state index in [0.29, 0.717) is 17.9 Å². The van der Waals surface area contributed by atoms with Gasteiger partial charge in [-0.2, -0.15) is 0 Å². The Kier molecular flexibility index (Phi) is 2.22. The number of furan rings is 1. The van der Waals surface area contributed by atoms with E-state index in [9.17, 15) is 0 Å². The summed E-state index contributed by atoms with van der Waals surface area (Å²) in [5.41, 5.74) is 2.63. The standard InChI is InChI=1S/C12H17NO/c1-7(2)9-6-14-10-5-13-12(8(3)4)11(9)10/h5-8,12H,1-4H3. The molecule has 14 heavy (non-hydrogen) atoms. The maximum atomic E-state index is 5.50. The van der Waals surface area contributed by atoms with E-state index >= 15 is 0 Å². The predicted molar refractivity (Wildman–Crippen MR) is 58.0 cm³/mol. The van der Waals surface area contributed by atoms with E-state index in [1.54, 1.807) is 0 Å². The lowest BCUT2D eigenvalue weighted by atomic mass is 9.91. The Morgan fingerprint density at radius 2 is 2.00 bits per heavy atom. The molecular formula is C12H17NO. The second-order valence-electron chi connectivity index (χ2n) is 4.59. The zero-order chi connectivity index (χ0) is 10.3. The van der Waals surface area contributed by atoms with Crippen molar-refractivity contribution in [1.82, 2.24) is 0 Å². The lowest BCUT2D eigenvalue weighted by Gasteiger charge is -2.14. The van der Waals surface area contributed by atoms with Crippen LogP contribution in [0.3, 0.4) is 0 Å². The van der Waals surface area contributed by atoms with Gasteiger partial charge >= 0.3 is 0 Å². The van der Waals surface area contributed by atoms with E-state index < -0.39 is 0 Å². The van der Waals surface area contributed by atoms with E-state index in [0.717, 1.165) is 5.76 Å². The molecule has 2 heteroatoms. The van der Waals surface area contributed by atoms with Crippen molar-refractivity contribution in [2.45, 2.75) is 39.7 Å². The normalized spacial score (nSPS) is 19.7. The van der Waals surface area contributed by atoms with Crippen molar-refractivity contribution in [3.8, 4) is 0 Å². The van der Waals surface area contributed by atoms with Gasteiger partial charge in [0.2, 0.25) is 0 Å². The van der Waals surface area contributed by atoms with Crippen LogP contribution in [0.2, 0.25) is 0 Å². The van der Waals surface area contributed by atoms with Crippen LogP contribution in [0, 0.1) is 5.92 Å². The Hall–Kier alpha value is -1.05. The molecule has 0 N–H and O–H groups in total. The van der Waals surface area contributed by atoms with Gasteiger partial charge in [-0.3, -0.25) is 4.99 Å². The highest BCUT2D eigenvalue weighted by molar-refractivity contribution is 5.82. The molecule has 1 aromatic rings. The first-order valence-electron chi connectivity index (χ1n) is 5.25. The van der Waals surface area contributed by atoms with Gasteiger partial charge in [0.25, 0.3) is 0 Å². The second kappa shape index (κ2) is 3.26. The number of hydrogen-bond acceptors (Lipinski definition) is 2. The Bertz CT molecular complexity index is 360. The van der Waals surface area contributed by atoms with Crippen LogP contribution < -0.4 is 0 Å². The van der Waals surface area contributed by atoms with Gasteiger partial charge in [-0.05, 0) is 17.4 Å². The zero-order valence-corrected chi connectivity index (χ0v) is 9.24. The summed E-state index contributed by atoms with van der Waals surface area (Å²) < 4.78 is 5.50. The summed E-state index contributed by atoms with van der Waals surface area (Å²) in [6.45, 7) is 8.80. The minimum absolute atomic E-state index is 0.307. The summed E-state index contributed by atoms with van der Waals surface area (Å²) in [6, 6.07) is 0.307. The van der Waals surface area contributed by atoms with Crippen LogP contribution in [0.15, 0.2) is 15.7 Å². The quantitative estimate of drug-likeness (QED) is 0.702. The minimum Gasteiger partial charge on any atom is -0.463 e. The monoisotopic (exact) mass is 191 g/mol. The van der Waals surface area contributed by atoms with E-state index in [4.69, 9.17) is 4.42 Å². The number of fused-ring (bicyclic) bond motifs is 1. The van der Waals surface area contributed by atoms with Crippen molar-refractivity contribution < 1.29 is 4.42 Å². The Morgan fingerprint density at radius 3 is 2.57 bits per heavy atom. The highest BCUT2D eigenvalue weighted by atomic mass is 16.3. The van der Waals surface area contributed by atoms with E-state index in [-0.39, 0.29) is 0 Å². The van der Waals surface area contributed by atoms with Gasteiger partial charge in [-0.25, -0.2) is 0 Å². The number of hydrogen-bond donors (Lipinski definition) is 0. The lowest BCUT2D eigenvalue weighted by molar-refractivity contribution is 0.515. The lowest BCUT2D eigenvalue weighted by Crippen LogP contribution is -2.03. The molecule has 0 aromatic carbocycles. The molecule has 0 saturated carbocycles. The molecule has 2 nitrogen and oxygen atoms in total. The average molecular weight is 191 g/mol. The fourth-order valence-electron chi connectivity index (χ4n) is 1.99. The van der Waals surface area contributed by atoms with E-state index in [1.807, 2.05) is 12.5 Å². The highest BCUT2D eigenvalue weighted by Gasteiger charge is 2.28. The molecule has 1 aliphatic heterocycles. The Labute approximate surface area is 85.0 Å². The maximum absolute atomic E-state index is 5.50. The van der Waals surface area contributed by atoms with Crippen molar-refractivity contribution in [3.05, 3.63) is 23.2 Å². The summed E-state index contributed by atoms with van der Waals surface area (Å²) in [6.07, 6.45) is 3.75. The SMILES string of the molecule is CC(C)c1coc2c1C(C(C)C)N=C2. The molecule has 2 rings (SSSR count). The third-order valence-corrected chi connectivity index (χ3v) is 2.79. The molecular weight excluding hydrogens is 174 g/mol. The van der Waals surface area contributed by atoms with Crippen LogP contribution in [0.1, 0.15) is 56.5 Å². The summed E-state index contributed by atoms with van der Waals surface area (Å²) in [5.74, 6) is 2.03. The molecule has 0 amide bonds. The summed E-state index contributed by atoms with van der Waals surface area (Å²) in [7, 11) is 0. The first kappa shape index (κ1) is 9.50. The van der Waals surface area contributed by atoms with Gasteiger partial charge in [0.05, 0.1) is 18.5 Å². The number of aliphatic imine (C=N–C) groups is 1. The molecule has 1 atom stereocenters. The third-order valence-electron chi connectivity index (χ3n) is 2.79. The fourth-order valence-corrected chi connectivity index (χ4v) is 1.99. The first-order chi connectivity index (χ1) is 6.61. The van der Waals surface area contributed by atoms with Crippen LogP contribution in [0.4, 0.5) is 0 Å². The van der Waals surface area contributed by atoms with Gasteiger partial charge in [-0.1, -0.05) is 27.7 Å². The van der Waals surface area contributed by atoms with Gasteiger partial charge in [0.1, 0.15) is 5.76 Å². The Balaban J connectivity index is 2.44. The molecule has 1 aromatic heterocycles. The molecule has 0 aliphatic carbocycles. The molecule has 76 valence electrons. The molecule has 0 radical (unpaired) electrons. The Morgan fingerprint density at radius 1 is 1.29 bits per heavy atom. The number of nitrogens with zero attached hydrogens (tertiary/aromatic N) is 1. The summed E-state index contributed by atoms with van der Waals surface area (Å²) in [4.78, 5) is 4.49. The van der Waals surface area contributed by atoms with Crippen molar-refractivity contribution in [2.24, 2.45) is 10.9 Å². The third kappa shape index (κ3) is 1.29. The van der Waals surface area contributed by atoms with Crippen LogP contribution in [0.25, 0.3) is 0 Å². The van der Waals surface area contributed by atoms with Crippen molar-refractivity contribution in [2.75, 3.05) is 0 Å². The number of rotatable bonds is 2. The van der Waals surface area contributed by atoms with Crippen molar-refractivity contribution in [1.29, 1.82) is 0 Å². The molecule has 0 spiro atoms. The van der Waals surface area contributed by atoms with Gasteiger partial charge in [0.15, 0.2) is 0 Å². The van der Waals surface area contributed by atoms with E-state index in [2.05, 4.69) is 32.7 Å². The molecule has 1 unspecified atom stereocenters. The molecule has 1 aliphatic rings. The zero-order valence-electron chi connectivity index (χ0n) is 9.24. The van der Waals surface area contributed by atoms with Crippen LogP contribution in [-0.4, -0.2) is 6.21 Å². The molecule has 0 saturated heterocycles. The van der Waals surface area contributed by atoms with Gasteiger partial charge in [-0.15, -0.1) is 0 Å². The van der Waals surface area contributed by atoms with Crippen molar-refractivity contribution >= 4 is 6.21 Å². The molecule has 2 heterocycles. The topological polar surface area (TPSA) is 25.5 Å². The highest BCUT2D eigenvalue weighted by Crippen LogP contribution is 2.38. The predicted octanol–water partition coefficient (Wildman–Crippen LogP) is 3.53. The summed E-state index contributed by atoms with van der Waals surface area (Å²) in [5, 5.41) is 0. The average Bonchev–Trinajstić information content (AvgIpc) is 2.59. The molecule has 0 fully saturated rings. The fraction of sp³-hybridized carbons (Fsp3) is 0.583. The van der Waals surface area contributed by atoms with Gasteiger partial charge in [0, 0.05) is 5.56 Å². The van der Waals surface area contributed by atoms with Crippen LogP contribution >= 0.6 is 0 Å². The molecule has 0 bridgehead atoms. The van der Waals surface area contributed by atoms with Crippen molar-refractivity contribution in [3.63, 3.8) is 0 Å². The van der Waals surface area contributed by atoms with E-state index in [1.165, 1.54) is 11.1 Å². The summed E-state index contributed by atoms with van der Waals surface area (Å²) >= 11 is 0. The largest absolute Gasteiger partial charge is 0.463 e. The van der Waals surface area contributed by atoms with Crippen LogP contribution in [0.5, 0.6) is 0 Å². The first-order valence-corrected chi connectivity index (χ1v) is 5.25. The minimum atomic E-state index is 0.307. The van der Waals surface area contributed by atoms with Gasteiger partial charge < -0.3 is 4.42 Å². The van der Waals surface area contributed by atoms with Crippen LogP contribution in [-0.2, 0) is 0 Å².